The number of carboxylic acid groups (broad SMARTS) is 2. The number of hydrogen-bond acceptors (Lipinski definition) is 5. The van der Waals surface area contributed by atoms with E-state index in [4.69, 9.17) is 15.6 Å². The Bertz CT molecular complexity index is 771. The third-order valence-corrected chi connectivity index (χ3v) is 7.44. The number of carboxylic acids is 2. The van der Waals surface area contributed by atoms with Gasteiger partial charge in [-0.3, -0.25) is 4.79 Å². The summed E-state index contributed by atoms with van der Waals surface area (Å²) in [6, 6.07) is -2.15. The van der Waals surface area contributed by atoms with E-state index in [1.807, 2.05) is 0 Å². The van der Waals surface area contributed by atoms with Gasteiger partial charge in [0.05, 0.1) is 0 Å². The molecule has 0 unspecified atom stereocenters. The number of aliphatic carboxylic acids is 2. The number of nitrogens with one attached hydrogen (secondary N) is 3. The van der Waals surface area contributed by atoms with Gasteiger partial charge in [0.15, 0.2) is 0 Å². The van der Waals surface area contributed by atoms with Crippen LogP contribution in [-0.2, 0) is 14.4 Å². The fraction of sp³-hybridized carbons (Fsp3) is 0.846. The number of carbonyl (C=O) groups excluding carboxylic acids is 2. The van der Waals surface area contributed by atoms with E-state index in [1.165, 1.54) is 25.7 Å². The van der Waals surface area contributed by atoms with E-state index in [0.717, 1.165) is 38.5 Å². The Morgan fingerprint density at radius 1 is 0.846 bits per heavy atom. The summed E-state index contributed by atoms with van der Waals surface area (Å²) in [6.07, 6.45) is 8.79. The largest absolute Gasteiger partial charge is 0.490 e. The van der Waals surface area contributed by atoms with Crippen LogP contribution in [0.5, 0.6) is 0 Å². The molecule has 0 heterocycles. The van der Waals surface area contributed by atoms with Gasteiger partial charge in [0.25, 0.3) is 0 Å². The summed E-state index contributed by atoms with van der Waals surface area (Å²) in [4.78, 5) is 46.2. The molecule has 2 saturated carbocycles. The number of unbranched alkanes of at least 4 members (excludes halogenated alkanes) is 1. The van der Waals surface area contributed by atoms with Crippen LogP contribution in [0.4, 0.5) is 18.0 Å². The lowest BCUT2D eigenvalue weighted by molar-refractivity contribution is -0.192. The van der Waals surface area contributed by atoms with E-state index in [9.17, 15) is 32.7 Å². The van der Waals surface area contributed by atoms with Crippen molar-refractivity contribution in [3.63, 3.8) is 0 Å². The first-order chi connectivity index (χ1) is 18.3. The van der Waals surface area contributed by atoms with Crippen LogP contribution in [-0.4, -0.2) is 64.9 Å². The van der Waals surface area contributed by atoms with Gasteiger partial charge in [-0.25, -0.2) is 14.4 Å². The standard InChI is InChI=1S/C24H44N4O4.C2HF3O2/c1-17(19-12-6-3-7-13-19)26-22(29)21(16-18-10-4-2-5-11-18)28-24(32)27-20(23(30)31)14-8-9-15-25;3-2(4,5)1(6)7/h17-21H,2-16,25H2,1H3,(H,26,29)(H,30,31)(H2,27,28,32);(H,6,7)/t17-,20-,21+;/m0./s1. The number of hydrogen-bond donors (Lipinski definition) is 6. The Morgan fingerprint density at radius 2 is 1.36 bits per heavy atom. The van der Waals surface area contributed by atoms with Gasteiger partial charge in [0.1, 0.15) is 12.1 Å². The summed E-state index contributed by atoms with van der Waals surface area (Å²) in [5.41, 5.74) is 5.48. The first kappa shape index (κ1) is 34.5. The molecule has 2 rings (SSSR count). The number of alkyl halides is 3. The van der Waals surface area contributed by atoms with Crippen molar-refractivity contribution in [1.29, 1.82) is 0 Å². The van der Waals surface area contributed by atoms with Crippen LogP contribution in [0.25, 0.3) is 0 Å². The van der Waals surface area contributed by atoms with E-state index >= 15 is 0 Å². The highest BCUT2D eigenvalue weighted by Crippen LogP contribution is 2.28. The lowest BCUT2D eigenvalue weighted by atomic mass is 9.83. The molecule has 0 bridgehead atoms. The number of halogens is 3. The monoisotopic (exact) mass is 566 g/mol. The Morgan fingerprint density at radius 3 is 1.85 bits per heavy atom. The fourth-order valence-electron chi connectivity index (χ4n) is 5.17. The maximum atomic E-state index is 13.2. The molecule has 0 aromatic heterocycles. The Balaban J connectivity index is 0.000000956. The van der Waals surface area contributed by atoms with Gasteiger partial charge in [0, 0.05) is 6.04 Å². The van der Waals surface area contributed by atoms with Crippen molar-refractivity contribution < 1.29 is 42.6 Å². The molecule has 3 atom stereocenters. The molecular weight excluding hydrogens is 521 g/mol. The van der Waals surface area contributed by atoms with Crippen LogP contribution in [0.2, 0.25) is 0 Å². The second-order valence-electron chi connectivity index (χ2n) is 10.6. The summed E-state index contributed by atoms with van der Waals surface area (Å²) in [6.45, 7) is 2.55. The molecule has 0 spiro atoms. The molecular formula is C26H45F3N4O6. The van der Waals surface area contributed by atoms with E-state index in [2.05, 4.69) is 22.9 Å². The topological polar surface area (TPSA) is 171 Å². The zero-order chi connectivity index (χ0) is 29.4. The highest BCUT2D eigenvalue weighted by atomic mass is 19.4. The van der Waals surface area contributed by atoms with Crippen LogP contribution in [0.15, 0.2) is 0 Å². The molecule has 0 saturated heterocycles. The quantitative estimate of drug-likeness (QED) is 0.194. The van der Waals surface area contributed by atoms with E-state index in [1.54, 1.807) is 0 Å². The van der Waals surface area contributed by atoms with E-state index < -0.39 is 36.2 Å². The average molecular weight is 567 g/mol. The second-order valence-corrected chi connectivity index (χ2v) is 10.6. The SMILES string of the molecule is C[C@H](NC(=O)[C@@H](CC1CCCCC1)NC(=O)N[C@@H](CCCCN)C(=O)O)C1CCCCC1.O=C(O)C(F)(F)F. The van der Waals surface area contributed by atoms with Crippen LogP contribution >= 0.6 is 0 Å². The summed E-state index contributed by atoms with van der Waals surface area (Å²) >= 11 is 0. The van der Waals surface area contributed by atoms with Crippen LogP contribution in [0.1, 0.15) is 96.8 Å². The Kier molecular flexibility index (Phi) is 15.8. The molecule has 0 aliphatic heterocycles. The number of amides is 3. The lowest BCUT2D eigenvalue weighted by Crippen LogP contribution is -2.55. The van der Waals surface area contributed by atoms with Crippen LogP contribution in [0, 0.1) is 11.8 Å². The highest BCUT2D eigenvalue weighted by molar-refractivity contribution is 5.89. The molecule has 2 aliphatic carbocycles. The zero-order valence-electron chi connectivity index (χ0n) is 22.7. The van der Waals surface area contributed by atoms with Crippen molar-refractivity contribution in [3.05, 3.63) is 0 Å². The van der Waals surface area contributed by atoms with Crippen molar-refractivity contribution in [1.82, 2.24) is 16.0 Å². The van der Waals surface area contributed by atoms with Crippen LogP contribution < -0.4 is 21.7 Å². The summed E-state index contributed by atoms with van der Waals surface area (Å²) < 4.78 is 31.7. The molecule has 0 aromatic carbocycles. The molecule has 226 valence electrons. The first-order valence-corrected chi connectivity index (χ1v) is 14.0. The minimum absolute atomic E-state index is 0.0737. The van der Waals surface area contributed by atoms with Gasteiger partial charge in [-0.1, -0.05) is 51.4 Å². The van der Waals surface area contributed by atoms with Crippen molar-refractivity contribution in [2.24, 2.45) is 17.6 Å². The summed E-state index contributed by atoms with van der Waals surface area (Å²) in [5, 5.41) is 25.1. The lowest BCUT2D eigenvalue weighted by Gasteiger charge is -2.31. The fourth-order valence-corrected chi connectivity index (χ4v) is 5.17. The minimum atomic E-state index is -5.08. The van der Waals surface area contributed by atoms with Gasteiger partial charge in [-0.05, 0) is 63.8 Å². The van der Waals surface area contributed by atoms with E-state index in [0.29, 0.717) is 44.1 Å². The normalized spacial score (nSPS) is 19.0. The zero-order valence-corrected chi connectivity index (χ0v) is 22.7. The molecule has 0 aromatic rings. The Hall–Kier alpha value is -2.57. The molecule has 3 amide bonds. The van der Waals surface area contributed by atoms with E-state index in [-0.39, 0.29) is 11.9 Å². The number of urea groups is 1. The summed E-state index contributed by atoms with van der Waals surface area (Å²) in [5.74, 6) is -3.09. The molecule has 2 aliphatic rings. The maximum Gasteiger partial charge on any atom is 0.490 e. The van der Waals surface area contributed by atoms with Gasteiger partial charge >= 0.3 is 24.1 Å². The second kappa shape index (κ2) is 17.9. The van der Waals surface area contributed by atoms with Crippen molar-refractivity contribution in [2.75, 3.05) is 6.54 Å². The van der Waals surface area contributed by atoms with Gasteiger partial charge in [-0.15, -0.1) is 0 Å². The van der Waals surface area contributed by atoms with Gasteiger partial charge < -0.3 is 31.9 Å². The molecule has 13 heteroatoms. The average Bonchev–Trinajstić information content (AvgIpc) is 2.88. The van der Waals surface area contributed by atoms with Crippen molar-refractivity contribution >= 4 is 23.9 Å². The Labute approximate surface area is 228 Å². The third kappa shape index (κ3) is 14.4. The number of rotatable bonds is 12. The third-order valence-electron chi connectivity index (χ3n) is 7.44. The maximum absolute atomic E-state index is 13.2. The summed E-state index contributed by atoms with van der Waals surface area (Å²) in [7, 11) is 0. The molecule has 7 N–H and O–H groups in total. The van der Waals surface area contributed by atoms with Crippen LogP contribution in [0.3, 0.4) is 0 Å². The van der Waals surface area contributed by atoms with Gasteiger partial charge in [0.2, 0.25) is 5.91 Å². The highest BCUT2D eigenvalue weighted by Gasteiger charge is 2.38. The number of nitrogens with two attached hydrogens (primary N) is 1. The van der Waals surface area contributed by atoms with Gasteiger partial charge in [-0.2, -0.15) is 13.2 Å². The van der Waals surface area contributed by atoms with Crippen molar-refractivity contribution in [2.45, 2.75) is 121 Å². The molecule has 10 nitrogen and oxygen atoms in total. The predicted octanol–water partition coefficient (Wildman–Crippen LogP) is 3.93. The first-order valence-electron chi connectivity index (χ1n) is 14.0. The predicted molar refractivity (Wildman–Crippen MR) is 139 cm³/mol. The smallest absolute Gasteiger partial charge is 0.480 e. The minimum Gasteiger partial charge on any atom is -0.480 e. The molecule has 39 heavy (non-hydrogen) atoms. The molecule has 2 fully saturated rings. The number of carbonyl (C=O) groups is 4. The van der Waals surface area contributed by atoms with Crippen molar-refractivity contribution in [3.8, 4) is 0 Å². The molecule has 0 radical (unpaired) electrons.